The van der Waals surface area contributed by atoms with E-state index in [4.69, 9.17) is 5.73 Å². The van der Waals surface area contributed by atoms with Crippen molar-refractivity contribution in [2.75, 3.05) is 10.6 Å². The molecule has 0 bridgehead atoms. The van der Waals surface area contributed by atoms with Gasteiger partial charge in [-0.2, -0.15) is 17.9 Å². The van der Waals surface area contributed by atoms with Gasteiger partial charge < -0.3 is 11.1 Å². The molecule has 0 saturated carbocycles. The van der Waals surface area contributed by atoms with Crippen LogP contribution in [0.4, 0.5) is 33.2 Å². The molecule has 2 heterocycles. The van der Waals surface area contributed by atoms with E-state index in [-0.39, 0.29) is 21.4 Å². The number of hydrogen-bond donors (Lipinski definition) is 3. The lowest BCUT2D eigenvalue weighted by Crippen LogP contribution is -2.69. The Balaban J connectivity index is 2.07. The largest absolute Gasteiger partial charge is 0.435 e. The molecule has 1 fully saturated rings. The minimum Gasteiger partial charge on any atom is -0.374 e. The van der Waals surface area contributed by atoms with Crippen LogP contribution in [0.25, 0.3) is 0 Å². The van der Waals surface area contributed by atoms with Crippen LogP contribution in [0.2, 0.25) is 0 Å². The third kappa shape index (κ3) is 3.14. The summed E-state index contributed by atoms with van der Waals surface area (Å²) >= 11 is 0.247. The van der Waals surface area contributed by atoms with Gasteiger partial charge in [-0.25, -0.2) is 22.5 Å². The molecule has 0 aliphatic carbocycles. The number of sulfonamides is 1. The summed E-state index contributed by atoms with van der Waals surface area (Å²) in [7, 11) is -5.06. The first-order valence-corrected chi connectivity index (χ1v) is 9.29. The van der Waals surface area contributed by atoms with E-state index in [0.717, 1.165) is 29.0 Å². The summed E-state index contributed by atoms with van der Waals surface area (Å²) in [6.45, 7) is 0. The van der Waals surface area contributed by atoms with Gasteiger partial charge in [-0.1, -0.05) is 11.3 Å². The summed E-state index contributed by atoms with van der Waals surface area (Å²) < 4.78 is 78.9. The van der Waals surface area contributed by atoms with Gasteiger partial charge in [0.1, 0.15) is 5.82 Å². The maximum atomic E-state index is 13.7. The van der Waals surface area contributed by atoms with E-state index in [1.807, 2.05) is 0 Å². The second kappa shape index (κ2) is 6.35. The predicted octanol–water partition coefficient (Wildman–Crippen LogP) is 0.553. The number of benzene rings is 1. The van der Waals surface area contributed by atoms with Crippen molar-refractivity contribution in [3.8, 4) is 0 Å². The van der Waals surface area contributed by atoms with Gasteiger partial charge in [-0.05, 0) is 24.3 Å². The van der Waals surface area contributed by atoms with Gasteiger partial charge >= 0.3 is 12.2 Å². The Hall–Kier alpha value is -2.85. The molecule has 1 aliphatic rings. The smallest absolute Gasteiger partial charge is 0.374 e. The number of hydrogen-bond acceptors (Lipinski definition) is 8. The Morgan fingerprint density at radius 1 is 1.18 bits per heavy atom. The minimum atomic E-state index is -5.59. The molecule has 2 aromatic rings. The van der Waals surface area contributed by atoms with Crippen molar-refractivity contribution in [2.24, 2.45) is 0 Å². The molecule has 1 saturated heterocycles. The number of nitrogens with two attached hydrogens (primary N) is 1. The molecule has 0 radical (unpaired) electrons. The summed E-state index contributed by atoms with van der Waals surface area (Å²) in [6, 6.07) is 1.78. The number of rotatable bonds is 4. The fourth-order valence-electron chi connectivity index (χ4n) is 2.25. The molecule has 4 N–H and O–H groups in total. The van der Waals surface area contributed by atoms with Crippen LogP contribution in [-0.4, -0.2) is 42.4 Å². The lowest BCUT2D eigenvalue weighted by atomic mass is 10.1. The molecule has 0 spiro atoms. The number of aromatic nitrogens is 2. The zero-order valence-corrected chi connectivity index (χ0v) is 14.8. The first-order valence-electron chi connectivity index (χ1n) is 6.99. The monoisotopic (exact) mass is 440 g/mol. The fourth-order valence-corrected chi connectivity index (χ4v) is 4.30. The number of urea groups is 1. The maximum Gasteiger partial charge on any atom is 0.435 e. The molecule has 28 heavy (non-hydrogen) atoms. The number of nitrogens with one attached hydrogen (secondary N) is 2. The van der Waals surface area contributed by atoms with Crippen molar-refractivity contribution in [3.63, 3.8) is 0 Å². The van der Waals surface area contributed by atoms with E-state index < -0.39 is 49.6 Å². The number of carbonyl (C=O) groups is 2. The number of anilines is 2. The highest BCUT2D eigenvalue weighted by Crippen LogP contribution is 2.37. The molecule has 3 amide bonds. The van der Waals surface area contributed by atoms with Gasteiger partial charge in [-0.3, -0.25) is 4.79 Å². The summed E-state index contributed by atoms with van der Waals surface area (Å²) in [5.41, 5.74) is 0.793. The van der Waals surface area contributed by atoms with Crippen LogP contribution in [-0.2, 0) is 14.8 Å². The first kappa shape index (κ1) is 19.9. The molecule has 1 unspecified atom stereocenters. The van der Waals surface area contributed by atoms with Crippen LogP contribution >= 0.6 is 11.3 Å². The topological polar surface area (TPSA) is 147 Å². The van der Waals surface area contributed by atoms with Crippen molar-refractivity contribution in [1.29, 1.82) is 0 Å². The highest BCUT2D eigenvalue weighted by molar-refractivity contribution is 7.91. The average Bonchev–Trinajstić information content (AvgIpc) is 3.11. The Labute approximate surface area is 157 Å². The van der Waals surface area contributed by atoms with Gasteiger partial charge in [0.05, 0.1) is 5.69 Å². The van der Waals surface area contributed by atoms with E-state index in [1.54, 1.807) is 0 Å². The van der Waals surface area contributed by atoms with E-state index in [0.29, 0.717) is 0 Å². The van der Waals surface area contributed by atoms with Crippen molar-refractivity contribution >= 4 is 44.1 Å². The number of amides is 3. The van der Waals surface area contributed by atoms with Gasteiger partial charge in [0.2, 0.25) is 9.47 Å². The third-order valence-corrected chi connectivity index (χ3v) is 6.04. The molecule has 1 aromatic heterocycles. The minimum absolute atomic E-state index is 0.0317. The zero-order valence-electron chi connectivity index (χ0n) is 13.2. The van der Waals surface area contributed by atoms with Crippen molar-refractivity contribution in [3.05, 3.63) is 30.1 Å². The molecular formula is C12H8F4N6O4S2. The number of nitrogens with zero attached hydrogens (tertiary/aromatic N) is 3. The summed E-state index contributed by atoms with van der Waals surface area (Å²) in [6.07, 6.45) is -5.59. The standard InChI is InChI=1S/C12H8F4N6O4S2/c13-5-1-3-6(4-2-5)22-7(23)11(12(14,15)16,18-9(22)24)21-28(25,26)10-20-19-8(17)27-10/h1-4,21H,(H2,17,19)(H,18,24). The number of halogens is 4. The molecule has 3 rings (SSSR count). The number of imide groups is 1. The van der Waals surface area contributed by atoms with Crippen LogP contribution < -0.4 is 20.7 Å². The average molecular weight is 440 g/mol. The van der Waals surface area contributed by atoms with E-state index in [2.05, 4.69) is 10.2 Å². The van der Waals surface area contributed by atoms with Gasteiger partial charge in [0, 0.05) is 0 Å². The van der Waals surface area contributed by atoms with Crippen molar-refractivity contribution in [1.82, 2.24) is 20.2 Å². The molecular weight excluding hydrogens is 432 g/mol. The molecule has 16 heteroatoms. The van der Waals surface area contributed by atoms with Gasteiger partial charge in [-0.15, -0.1) is 10.2 Å². The predicted molar refractivity (Wildman–Crippen MR) is 85.8 cm³/mol. The Morgan fingerprint density at radius 3 is 2.29 bits per heavy atom. The number of nitrogen functional groups attached to an aromatic ring is 1. The fraction of sp³-hybridized carbons (Fsp3) is 0.167. The quantitative estimate of drug-likeness (QED) is 0.465. The van der Waals surface area contributed by atoms with Gasteiger partial charge in [0.15, 0.2) is 0 Å². The van der Waals surface area contributed by atoms with Crippen LogP contribution in [0.1, 0.15) is 0 Å². The molecule has 1 aromatic carbocycles. The second-order valence-corrected chi connectivity index (χ2v) is 8.17. The van der Waals surface area contributed by atoms with Crippen molar-refractivity contribution < 1.29 is 35.6 Å². The Bertz CT molecular complexity index is 1050. The first-order chi connectivity index (χ1) is 12.9. The maximum absolute atomic E-state index is 13.7. The Kier molecular flexibility index (Phi) is 4.51. The zero-order chi connectivity index (χ0) is 20.9. The number of carbonyl (C=O) groups excluding carboxylic acids is 2. The van der Waals surface area contributed by atoms with E-state index >= 15 is 0 Å². The van der Waals surface area contributed by atoms with Crippen LogP contribution in [0.5, 0.6) is 0 Å². The molecule has 10 nitrogen and oxygen atoms in total. The summed E-state index contributed by atoms with van der Waals surface area (Å²) in [5, 5.41) is 7.25. The molecule has 1 atom stereocenters. The Morgan fingerprint density at radius 2 is 1.79 bits per heavy atom. The molecule has 150 valence electrons. The lowest BCUT2D eigenvalue weighted by Gasteiger charge is -2.28. The molecule has 1 aliphatic heterocycles. The third-order valence-electron chi connectivity index (χ3n) is 3.47. The highest BCUT2D eigenvalue weighted by atomic mass is 32.2. The van der Waals surface area contributed by atoms with Crippen LogP contribution in [0.3, 0.4) is 0 Å². The van der Waals surface area contributed by atoms with Crippen LogP contribution in [0.15, 0.2) is 28.6 Å². The van der Waals surface area contributed by atoms with Crippen LogP contribution in [0, 0.1) is 5.82 Å². The van der Waals surface area contributed by atoms with E-state index in [9.17, 15) is 35.6 Å². The van der Waals surface area contributed by atoms with Crippen molar-refractivity contribution in [2.45, 2.75) is 16.2 Å². The normalized spacial score (nSPS) is 20.5. The van der Waals surface area contributed by atoms with E-state index in [1.165, 1.54) is 5.32 Å². The second-order valence-electron chi connectivity index (χ2n) is 5.31. The summed E-state index contributed by atoms with van der Waals surface area (Å²) in [5.74, 6) is -2.76. The summed E-state index contributed by atoms with van der Waals surface area (Å²) in [4.78, 5) is 24.6. The number of alkyl halides is 3. The van der Waals surface area contributed by atoms with Gasteiger partial charge in [0.25, 0.3) is 21.6 Å². The SMILES string of the molecule is Nc1nnc(S(=O)(=O)NC2(C(F)(F)F)NC(=O)N(c3ccc(F)cc3)C2=O)s1. The highest BCUT2D eigenvalue weighted by Gasteiger charge is 2.70. The lowest BCUT2D eigenvalue weighted by molar-refractivity contribution is -0.194.